The highest BCUT2D eigenvalue weighted by molar-refractivity contribution is 5.99. The fourth-order valence-corrected chi connectivity index (χ4v) is 5.41. The summed E-state index contributed by atoms with van der Waals surface area (Å²) in [5.41, 5.74) is 9.56. The van der Waals surface area contributed by atoms with Crippen molar-refractivity contribution in [3.63, 3.8) is 0 Å². The molecule has 208 valence electrons. The third kappa shape index (κ3) is 6.74. The molecule has 1 nitrogen and oxygen atoms in total. The summed E-state index contributed by atoms with van der Waals surface area (Å²) < 4.78 is 0. The standard InChI is InChI=1S/C42H35N/c1-33-26-29-38(30-27-33)43(32-41(35-19-10-4-11-20-35)36-21-12-5-13-22-36)42-31-28-37(39-24-14-15-25-40(39)42)23-9-3-8-18-34-16-6-2-7-17-34/h2-22,24-32H,23H2,1H3/b9-3+,18-8+. The topological polar surface area (TPSA) is 3.24 Å². The van der Waals surface area contributed by atoms with Crippen molar-refractivity contribution in [2.45, 2.75) is 13.3 Å². The van der Waals surface area contributed by atoms with E-state index in [1.165, 1.54) is 44.2 Å². The van der Waals surface area contributed by atoms with Crippen LogP contribution in [0.15, 0.2) is 176 Å². The number of hydrogen-bond donors (Lipinski definition) is 0. The van der Waals surface area contributed by atoms with Crippen molar-refractivity contribution in [3.05, 3.63) is 204 Å². The van der Waals surface area contributed by atoms with E-state index in [1.54, 1.807) is 0 Å². The minimum atomic E-state index is 0.861. The minimum Gasteiger partial charge on any atom is -0.316 e. The lowest BCUT2D eigenvalue weighted by Gasteiger charge is -2.26. The van der Waals surface area contributed by atoms with Crippen molar-refractivity contribution < 1.29 is 0 Å². The van der Waals surface area contributed by atoms with Gasteiger partial charge in [0, 0.05) is 22.8 Å². The maximum Gasteiger partial charge on any atom is 0.0534 e. The number of benzene rings is 6. The van der Waals surface area contributed by atoms with Gasteiger partial charge in [-0.3, -0.25) is 0 Å². The van der Waals surface area contributed by atoms with Gasteiger partial charge in [-0.2, -0.15) is 0 Å². The van der Waals surface area contributed by atoms with Crippen molar-refractivity contribution in [3.8, 4) is 0 Å². The van der Waals surface area contributed by atoms with E-state index in [2.05, 4.69) is 188 Å². The van der Waals surface area contributed by atoms with Crippen LogP contribution in [0, 0.1) is 6.92 Å². The summed E-state index contributed by atoms with van der Waals surface area (Å²) in [7, 11) is 0. The largest absolute Gasteiger partial charge is 0.316 e. The molecular formula is C42H35N. The summed E-state index contributed by atoms with van der Waals surface area (Å²) in [6.45, 7) is 2.13. The van der Waals surface area contributed by atoms with Crippen LogP contribution in [0.1, 0.15) is 27.8 Å². The van der Waals surface area contributed by atoms with Gasteiger partial charge in [-0.1, -0.05) is 163 Å². The van der Waals surface area contributed by atoms with E-state index in [0.717, 1.165) is 17.8 Å². The normalized spacial score (nSPS) is 11.3. The molecule has 0 saturated carbocycles. The average Bonchev–Trinajstić information content (AvgIpc) is 3.07. The van der Waals surface area contributed by atoms with Gasteiger partial charge in [0.2, 0.25) is 0 Å². The van der Waals surface area contributed by atoms with Gasteiger partial charge in [-0.15, -0.1) is 0 Å². The van der Waals surface area contributed by atoms with E-state index >= 15 is 0 Å². The van der Waals surface area contributed by atoms with Crippen molar-refractivity contribution in [2.75, 3.05) is 4.90 Å². The number of hydrogen-bond acceptors (Lipinski definition) is 1. The van der Waals surface area contributed by atoms with Crippen molar-refractivity contribution in [2.24, 2.45) is 0 Å². The first-order valence-corrected chi connectivity index (χ1v) is 14.8. The SMILES string of the molecule is Cc1ccc(N(C=C(c2ccccc2)c2ccccc2)c2ccc(C/C=C/C=C/c3ccccc3)c3ccccc23)cc1. The highest BCUT2D eigenvalue weighted by Gasteiger charge is 2.15. The molecule has 0 saturated heterocycles. The Bertz CT molecular complexity index is 1820. The van der Waals surface area contributed by atoms with Crippen LogP contribution in [0.4, 0.5) is 11.4 Å². The molecule has 43 heavy (non-hydrogen) atoms. The molecule has 0 N–H and O–H groups in total. The van der Waals surface area contributed by atoms with E-state index in [0.29, 0.717) is 0 Å². The second-order valence-electron chi connectivity index (χ2n) is 10.7. The number of anilines is 2. The fraction of sp³-hybridized carbons (Fsp3) is 0.0476. The molecule has 0 amide bonds. The van der Waals surface area contributed by atoms with Gasteiger partial charge in [0.25, 0.3) is 0 Å². The van der Waals surface area contributed by atoms with Crippen LogP contribution in [0.5, 0.6) is 0 Å². The van der Waals surface area contributed by atoms with Crippen molar-refractivity contribution in [1.29, 1.82) is 0 Å². The van der Waals surface area contributed by atoms with Gasteiger partial charge < -0.3 is 4.90 Å². The van der Waals surface area contributed by atoms with E-state index in [-0.39, 0.29) is 0 Å². The van der Waals surface area contributed by atoms with Crippen molar-refractivity contribution in [1.82, 2.24) is 0 Å². The zero-order chi connectivity index (χ0) is 29.3. The number of fused-ring (bicyclic) bond motifs is 1. The third-order valence-electron chi connectivity index (χ3n) is 7.66. The number of rotatable bonds is 9. The molecule has 0 bridgehead atoms. The molecule has 0 heterocycles. The van der Waals surface area contributed by atoms with Crippen LogP contribution in [0.2, 0.25) is 0 Å². The average molecular weight is 554 g/mol. The Hall–Kier alpha value is -5.40. The molecule has 0 aliphatic rings. The first kappa shape index (κ1) is 27.8. The highest BCUT2D eigenvalue weighted by Crippen LogP contribution is 2.37. The summed E-state index contributed by atoms with van der Waals surface area (Å²) >= 11 is 0. The second-order valence-corrected chi connectivity index (χ2v) is 10.7. The van der Waals surface area contributed by atoms with Crippen LogP contribution in [-0.2, 0) is 6.42 Å². The van der Waals surface area contributed by atoms with E-state index in [4.69, 9.17) is 0 Å². The zero-order valence-electron chi connectivity index (χ0n) is 24.5. The van der Waals surface area contributed by atoms with E-state index in [9.17, 15) is 0 Å². The monoisotopic (exact) mass is 553 g/mol. The number of allylic oxidation sites excluding steroid dienone is 3. The summed E-state index contributed by atoms with van der Waals surface area (Å²) in [6, 6.07) is 53.8. The van der Waals surface area contributed by atoms with Gasteiger partial charge >= 0.3 is 0 Å². The Morgan fingerprint density at radius 3 is 1.79 bits per heavy atom. The maximum absolute atomic E-state index is 2.35. The predicted molar refractivity (Wildman–Crippen MR) is 186 cm³/mol. The molecule has 0 spiro atoms. The Morgan fingerprint density at radius 1 is 0.558 bits per heavy atom. The van der Waals surface area contributed by atoms with Crippen LogP contribution in [0.25, 0.3) is 22.4 Å². The number of nitrogens with zero attached hydrogens (tertiary/aromatic N) is 1. The molecule has 1 heteroatoms. The summed E-state index contributed by atoms with van der Waals surface area (Å²) in [5, 5.41) is 2.49. The fourth-order valence-electron chi connectivity index (χ4n) is 5.41. The van der Waals surface area contributed by atoms with Gasteiger partial charge in [0.15, 0.2) is 0 Å². The van der Waals surface area contributed by atoms with Crippen LogP contribution >= 0.6 is 0 Å². The van der Waals surface area contributed by atoms with Gasteiger partial charge in [0.05, 0.1) is 5.69 Å². The molecule has 0 aliphatic carbocycles. The Morgan fingerprint density at radius 2 is 1.14 bits per heavy atom. The van der Waals surface area contributed by atoms with Gasteiger partial charge in [0.1, 0.15) is 0 Å². The summed E-state index contributed by atoms with van der Waals surface area (Å²) in [6.07, 6.45) is 11.8. The minimum absolute atomic E-state index is 0.861. The van der Waals surface area contributed by atoms with Crippen LogP contribution < -0.4 is 4.90 Å². The summed E-state index contributed by atoms with van der Waals surface area (Å²) in [5.74, 6) is 0. The molecule has 6 aromatic rings. The molecule has 0 aliphatic heterocycles. The molecule has 0 aromatic heterocycles. The smallest absolute Gasteiger partial charge is 0.0534 e. The third-order valence-corrected chi connectivity index (χ3v) is 7.66. The Balaban J connectivity index is 1.43. The van der Waals surface area contributed by atoms with Crippen LogP contribution in [-0.4, -0.2) is 0 Å². The lowest BCUT2D eigenvalue weighted by Crippen LogP contribution is -2.11. The zero-order valence-corrected chi connectivity index (χ0v) is 24.5. The second kappa shape index (κ2) is 13.5. The number of aryl methyl sites for hydroxylation is 1. The summed E-state index contributed by atoms with van der Waals surface area (Å²) in [4.78, 5) is 2.35. The van der Waals surface area contributed by atoms with Gasteiger partial charge in [-0.05, 0) is 59.2 Å². The first-order valence-electron chi connectivity index (χ1n) is 14.8. The van der Waals surface area contributed by atoms with E-state index < -0.39 is 0 Å². The molecule has 6 rings (SSSR count). The lowest BCUT2D eigenvalue weighted by molar-refractivity contribution is 1.26. The van der Waals surface area contributed by atoms with Gasteiger partial charge in [-0.25, -0.2) is 0 Å². The Kier molecular flexibility index (Phi) is 8.72. The van der Waals surface area contributed by atoms with Crippen molar-refractivity contribution >= 4 is 33.8 Å². The Labute approximate surface area is 255 Å². The lowest BCUT2D eigenvalue weighted by atomic mass is 9.97. The molecular weight excluding hydrogens is 518 g/mol. The molecule has 0 fully saturated rings. The first-order chi connectivity index (χ1) is 21.3. The van der Waals surface area contributed by atoms with E-state index in [1.807, 2.05) is 6.07 Å². The highest BCUT2D eigenvalue weighted by atomic mass is 15.1. The molecule has 6 aromatic carbocycles. The predicted octanol–water partition coefficient (Wildman–Crippen LogP) is 11.2. The molecule has 0 atom stereocenters. The maximum atomic E-state index is 2.35. The molecule has 0 radical (unpaired) electrons. The quantitative estimate of drug-likeness (QED) is 0.161. The molecule has 0 unspecified atom stereocenters. The van der Waals surface area contributed by atoms with Crippen LogP contribution in [0.3, 0.4) is 0 Å².